The Morgan fingerprint density at radius 2 is 2.06 bits per heavy atom. The Hall–Kier alpha value is -3.56. The lowest BCUT2D eigenvalue weighted by atomic mass is 10.1. The van der Waals surface area contributed by atoms with Crippen LogP contribution in [0.15, 0.2) is 59.8 Å². The summed E-state index contributed by atoms with van der Waals surface area (Å²) in [5.74, 6) is -0.201. The summed E-state index contributed by atoms with van der Waals surface area (Å²) in [7, 11) is 1.82. The first-order valence-electron chi connectivity index (χ1n) is 12.3. The molecule has 0 unspecified atom stereocenters. The summed E-state index contributed by atoms with van der Waals surface area (Å²) in [6, 6.07) is 12.4. The van der Waals surface area contributed by atoms with Gasteiger partial charge in [-0.1, -0.05) is 30.3 Å². The van der Waals surface area contributed by atoms with Crippen LogP contribution >= 0.6 is 11.3 Å². The number of fused-ring (bicyclic) bond motifs is 1. The molecule has 186 valence electrons. The zero-order valence-corrected chi connectivity index (χ0v) is 21.2. The Labute approximate surface area is 214 Å². The lowest BCUT2D eigenvalue weighted by molar-refractivity contribution is -0.121. The molecular formula is C27H30N6O2S. The summed E-state index contributed by atoms with van der Waals surface area (Å²) in [6.07, 6.45) is 8.44. The summed E-state index contributed by atoms with van der Waals surface area (Å²) in [6.45, 7) is 2.28. The summed E-state index contributed by atoms with van der Waals surface area (Å²) in [5, 5.41) is 10.6. The molecule has 0 saturated heterocycles. The van der Waals surface area contributed by atoms with Crippen LogP contribution in [-0.2, 0) is 50.7 Å². The molecule has 0 spiro atoms. The van der Waals surface area contributed by atoms with E-state index in [0.717, 1.165) is 42.8 Å². The van der Waals surface area contributed by atoms with Crippen molar-refractivity contribution >= 4 is 17.2 Å². The second-order valence-electron chi connectivity index (χ2n) is 9.09. The minimum atomic E-state index is -0.225. The molecule has 0 aliphatic carbocycles. The van der Waals surface area contributed by atoms with Crippen molar-refractivity contribution in [3.8, 4) is 11.3 Å². The molecule has 0 radical (unpaired) electrons. The van der Waals surface area contributed by atoms with E-state index >= 15 is 0 Å². The topological polar surface area (TPSA) is 93.8 Å². The van der Waals surface area contributed by atoms with E-state index in [1.165, 1.54) is 20.6 Å². The molecule has 1 amide bonds. The summed E-state index contributed by atoms with van der Waals surface area (Å²) in [4.78, 5) is 33.4. The molecule has 8 nitrogen and oxygen atoms in total. The maximum atomic E-state index is 13.4. The van der Waals surface area contributed by atoms with Gasteiger partial charge in [0, 0.05) is 35.1 Å². The highest BCUT2D eigenvalue weighted by molar-refractivity contribution is 7.12. The van der Waals surface area contributed by atoms with Crippen LogP contribution in [0.5, 0.6) is 0 Å². The minimum Gasteiger partial charge on any atom is -0.350 e. The Balaban J connectivity index is 1.31. The number of aromatic nitrogens is 4. The van der Waals surface area contributed by atoms with Crippen LogP contribution in [0.2, 0.25) is 0 Å². The maximum Gasteiger partial charge on any atom is 0.273 e. The van der Waals surface area contributed by atoms with Crippen LogP contribution in [0, 0.1) is 0 Å². The molecule has 1 aliphatic rings. The van der Waals surface area contributed by atoms with Gasteiger partial charge in [-0.2, -0.15) is 5.10 Å². The Morgan fingerprint density at radius 1 is 1.19 bits per heavy atom. The molecule has 1 aromatic carbocycles. The van der Waals surface area contributed by atoms with Gasteiger partial charge in [0.25, 0.3) is 5.56 Å². The largest absolute Gasteiger partial charge is 0.350 e. The fraction of sp³-hybridized carbons (Fsp3) is 0.333. The number of hydrogen-bond donors (Lipinski definition) is 2. The van der Waals surface area contributed by atoms with E-state index in [9.17, 15) is 9.59 Å². The van der Waals surface area contributed by atoms with Gasteiger partial charge in [-0.15, -0.1) is 11.3 Å². The zero-order valence-electron chi connectivity index (χ0n) is 20.4. The van der Waals surface area contributed by atoms with Crippen molar-refractivity contribution in [3.63, 3.8) is 0 Å². The second kappa shape index (κ2) is 11.0. The summed E-state index contributed by atoms with van der Waals surface area (Å²) in [5.41, 5.74) is 4.20. The van der Waals surface area contributed by atoms with Gasteiger partial charge in [-0.3, -0.25) is 23.8 Å². The van der Waals surface area contributed by atoms with Gasteiger partial charge in [0.15, 0.2) is 0 Å². The molecule has 1 aliphatic heterocycles. The fourth-order valence-corrected chi connectivity index (χ4v) is 5.66. The number of nitrogens with zero attached hydrogens (tertiary/aromatic N) is 4. The van der Waals surface area contributed by atoms with Crippen molar-refractivity contribution in [2.24, 2.45) is 7.05 Å². The molecule has 3 aromatic heterocycles. The minimum absolute atomic E-state index is 0.0656. The number of aryl methyl sites for hydroxylation is 3. The lowest BCUT2D eigenvalue weighted by Gasteiger charge is -2.13. The van der Waals surface area contributed by atoms with Crippen molar-refractivity contribution < 1.29 is 4.79 Å². The highest BCUT2D eigenvalue weighted by Crippen LogP contribution is 2.25. The van der Waals surface area contributed by atoms with Crippen LogP contribution in [0.3, 0.4) is 0 Å². The molecule has 0 saturated carbocycles. The monoisotopic (exact) mass is 502 g/mol. The predicted molar refractivity (Wildman–Crippen MR) is 141 cm³/mol. The first-order valence-corrected chi connectivity index (χ1v) is 13.1. The summed E-state index contributed by atoms with van der Waals surface area (Å²) < 4.78 is 3.20. The molecule has 36 heavy (non-hydrogen) atoms. The van der Waals surface area contributed by atoms with Gasteiger partial charge in [0.05, 0.1) is 24.6 Å². The highest BCUT2D eigenvalue weighted by atomic mass is 32.1. The standard InChI is InChI=1S/C27H30N6O2S/c1-32-17-21(13-31-32)24-15-29-23(9-5-8-19-6-3-2-4-7-19)27(35)33(24)18-26(34)30-14-22-12-20-10-11-28-16-25(20)36-22/h2-4,6-7,12-13,15,17,28H,5,8-11,14,16,18H2,1H3,(H,30,34). The van der Waals surface area contributed by atoms with E-state index in [-0.39, 0.29) is 18.0 Å². The predicted octanol–water partition coefficient (Wildman–Crippen LogP) is 2.84. The smallest absolute Gasteiger partial charge is 0.273 e. The number of carbonyl (C=O) groups is 1. The first-order chi connectivity index (χ1) is 17.6. The van der Waals surface area contributed by atoms with Crippen LogP contribution in [0.25, 0.3) is 11.3 Å². The zero-order chi connectivity index (χ0) is 24.9. The Morgan fingerprint density at radius 3 is 2.83 bits per heavy atom. The number of benzene rings is 1. The number of nitrogens with one attached hydrogen (secondary N) is 2. The van der Waals surface area contributed by atoms with Gasteiger partial charge < -0.3 is 10.6 Å². The van der Waals surface area contributed by atoms with Gasteiger partial charge in [0.1, 0.15) is 12.2 Å². The van der Waals surface area contributed by atoms with Crippen molar-refractivity contribution in [2.75, 3.05) is 6.54 Å². The normalized spacial score (nSPS) is 12.9. The van der Waals surface area contributed by atoms with Gasteiger partial charge in [-0.05, 0) is 49.4 Å². The molecule has 2 N–H and O–H groups in total. The molecular weight excluding hydrogens is 472 g/mol. The van der Waals surface area contributed by atoms with E-state index in [2.05, 4.69) is 38.9 Å². The molecule has 9 heteroatoms. The molecule has 0 atom stereocenters. The number of hydrogen-bond acceptors (Lipinski definition) is 6. The van der Waals surface area contributed by atoms with Crippen LogP contribution < -0.4 is 16.2 Å². The third-order valence-corrected chi connectivity index (χ3v) is 7.59. The number of carbonyl (C=O) groups excluding carboxylic acids is 1. The average molecular weight is 503 g/mol. The molecule has 4 heterocycles. The van der Waals surface area contributed by atoms with E-state index in [4.69, 9.17) is 0 Å². The average Bonchev–Trinajstić information content (AvgIpc) is 3.51. The van der Waals surface area contributed by atoms with Gasteiger partial charge >= 0.3 is 0 Å². The molecule has 5 rings (SSSR count). The van der Waals surface area contributed by atoms with E-state index < -0.39 is 0 Å². The summed E-state index contributed by atoms with van der Waals surface area (Å²) >= 11 is 1.73. The number of thiophene rings is 1. The number of amides is 1. The van der Waals surface area contributed by atoms with Gasteiger partial charge in [-0.25, -0.2) is 0 Å². The van der Waals surface area contributed by atoms with Crippen molar-refractivity contribution in [3.05, 3.63) is 91.9 Å². The number of rotatable bonds is 9. The van der Waals surface area contributed by atoms with E-state index in [1.54, 1.807) is 28.4 Å². The Kier molecular flexibility index (Phi) is 7.39. The van der Waals surface area contributed by atoms with Crippen LogP contribution in [-0.4, -0.2) is 31.8 Å². The van der Waals surface area contributed by atoms with Gasteiger partial charge in [0.2, 0.25) is 5.91 Å². The maximum absolute atomic E-state index is 13.4. The second-order valence-corrected chi connectivity index (χ2v) is 10.3. The lowest BCUT2D eigenvalue weighted by Crippen LogP contribution is -2.34. The van der Waals surface area contributed by atoms with Crippen LogP contribution in [0.4, 0.5) is 0 Å². The highest BCUT2D eigenvalue weighted by Gasteiger charge is 2.17. The molecule has 0 fully saturated rings. The van der Waals surface area contributed by atoms with Crippen LogP contribution in [0.1, 0.15) is 33.0 Å². The quantitative estimate of drug-likeness (QED) is 0.367. The van der Waals surface area contributed by atoms with Crippen molar-refractivity contribution in [1.82, 2.24) is 30.0 Å². The van der Waals surface area contributed by atoms with E-state index in [0.29, 0.717) is 24.4 Å². The molecule has 0 bridgehead atoms. The van der Waals surface area contributed by atoms with Crippen molar-refractivity contribution in [2.45, 2.75) is 45.3 Å². The van der Waals surface area contributed by atoms with E-state index in [1.807, 2.05) is 31.4 Å². The SMILES string of the molecule is Cn1cc(-c2cnc(CCCc3ccccc3)c(=O)n2CC(=O)NCc2cc3c(s2)CNCC3)cn1. The third-order valence-electron chi connectivity index (χ3n) is 6.41. The fourth-order valence-electron chi connectivity index (χ4n) is 4.53. The molecule has 4 aromatic rings. The third kappa shape index (κ3) is 5.63. The van der Waals surface area contributed by atoms with Crippen molar-refractivity contribution in [1.29, 1.82) is 0 Å². The first kappa shape index (κ1) is 24.1. The Bertz CT molecular complexity index is 1380.